The summed E-state index contributed by atoms with van der Waals surface area (Å²) in [6, 6.07) is 3.98. The van der Waals surface area contributed by atoms with Gasteiger partial charge in [0.15, 0.2) is 0 Å². The summed E-state index contributed by atoms with van der Waals surface area (Å²) in [5.74, 6) is 1.15. The predicted molar refractivity (Wildman–Crippen MR) is 70.4 cm³/mol. The predicted octanol–water partition coefficient (Wildman–Crippen LogP) is 4.05. The highest BCUT2D eigenvalue weighted by Crippen LogP contribution is 2.31. The van der Waals surface area contributed by atoms with Gasteiger partial charge in [0.05, 0.1) is 6.04 Å². The Bertz CT molecular complexity index is 592. The van der Waals surface area contributed by atoms with E-state index in [1.165, 1.54) is 6.07 Å². The molecule has 2 nitrogen and oxygen atoms in total. The Hall–Kier alpha value is -1.32. The van der Waals surface area contributed by atoms with Gasteiger partial charge >= 0.3 is 0 Å². The second-order valence-corrected chi connectivity index (χ2v) is 4.83. The van der Waals surface area contributed by atoms with Crippen LogP contribution in [-0.4, -0.2) is 0 Å². The van der Waals surface area contributed by atoms with E-state index in [0.717, 1.165) is 22.6 Å². The third-order valence-corrected chi connectivity index (χ3v) is 3.46. The summed E-state index contributed by atoms with van der Waals surface area (Å²) >= 11 is 5.73. The van der Waals surface area contributed by atoms with E-state index in [0.29, 0.717) is 10.6 Å². The lowest BCUT2D eigenvalue weighted by molar-refractivity contribution is 0.497. The van der Waals surface area contributed by atoms with Gasteiger partial charge in [-0.25, -0.2) is 4.39 Å². The van der Waals surface area contributed by atoms with Crippen molar-refractivity contribution in [3.63, 3.8) is 0 Å². The molecule has 1 atom stereocenters. The third kappa shape index (κ3) is 2.16. The Kier molecular flexibility index (Phi) is 3.46. The third-order valence-electron chi connectivity index (χ3n) is 3.23. The molecule has 1 heterocycles. The fourth-order valence-electron chi connectivity index (χ4n) is 2.18. The van der Waals surface area contributed by atoms with Gasteiger partial charge < -0.3 is 10.2 Å². The molecule has 18 heavy (non-hydrogen) atoms. The molecular weight excluding hydrogens is 253 g/mol. The van der Waals surface area contributed by atoms with Crippen LogP contribution in [0.1, 0.15) is 34.3 Å². The van der Waals surface area contributed by atoms with Crippen molar-refractivity contribution in [1.82, 2.24) is 0 Å². The van der Waals surface area contributed by atoms with Gasteiger partial charge in [0.2, 0.25) is 0 Å². The Morgan fingerprint density at radius 2 is 1.89 bits per heavy atom. The smallest absolute Gasteiger partial charge is 0.129 e. The fraction of sp³-hybridized carbons (Fsp3) is 0.286. The van der Waals surface area contributed by atoms with Gasteiger partial charge in [-0.3, -0.25) is 0 Å². The summed E-state index contributed by atoms with van der Waals surface area (Å²) in [5.41, 5.74) is 8.37. The highest BCUT2D eigenvalue weighted by molar-refractivity contribution is 6.30. The minimum Gasteiger partial charge on any atom is -0.466 e. The molecule has 1 aromatic heterocycles. The molecule has 0 aliphatic carbocycles. The number of furan rings is 1. The molecule has 0 radical (unpaired) electrons. The molecule has 0 fully saturated rings. The van der Waals surface area contributed by atoms with Crippen molar-refractivity contribution in [1.29, 1.82) is 0 Å². The van der Waals surface area contributed by atoms with Crippen LogP contribution >= 0.6 is 11.6 Å². The zero-order valence-corrected chi connectivity index (χ0v) is 11.3. The Morgan fingerprint density at radius 3 is 2.39 bits per heavy atom. The lowest BCUT2D eigenvalue weighted by Gasteiger charge is -2.14. The first kappa shape index (κ1) is 13.1. The van der Waals surface area contributed by atoms with Crippen molar-refractivity contribution in [2.24, 2.45) is 5.73 Å². The summed E-state index contributed by atoms with van der Waals surface area (Å²) in [6.07, 6.45) is 0. The second kappa shape index (κ2) is 4.75. The Morgan fingerprint density at radius 1 is 1.22 bits per heavy atom. The number of hydrogen-bond donors (Lipinski definition) is 1. The molecule has 0 aliphatic heterocycles. The van der Waals surface area contributed by atoms with Gasteiger partial charge in [-0.2, -0.15) is 0 Å². The molecule has 96 valence electrons. The van der Waals surface area contributed by atoms with Crippen molar-refractivity contribution in [2.75, 3.05) is 0 Å². The quantitative estimate of drug-likeness (QED) is 0.892. The van der Waals surface area contributed by atoms with Crippen molar-refractivity contribution in [2.45, 2.75) is 26.8 Å². The summed E-state index contributed by atoms with van der Waals surface area (Å²) in [5, 5.41) is 0.361. The van der Waals surface area contributed by atoms with E-state index in [9.17, 15) is 4.39 Å². The molecule has 0 aliphatic rings. The standard InChI is InChI=1S/C14H15ClFNO/c1-7-8(2)18-9(3)13(7)14(17)11-5-4-10(15)6-12(11)16/h4-6,14H,17H2,1-3H3. The molecular formula is C14H15ClFNO. The average Bonchev–Trinajstić information content (AvgIpc) is 2.52. The maximum Gasteiger partial charge on any atom is 0.129 e. The van der Waals surface area contributed by atoms with E-state index >= 15 is 0 Å². The van der Waals surface area contributed by atoms with Gasteiger partial charge in [0.1, 0.15) is 17.3 Å². The molecule has 1 unspecified atom stereocenters. The van der Waals surface area contributed by atoms with E-state index in [1.54, 1.807) is 12.1 Å². The number of nitrogens with two attached hydrogens (primary N) is 1. The summed E-state index contributed by atoms with van der Waals surface area (Å²) in [4.78, 5) is 0. The molecule has 0 saturated carbocycles. The summed E-state index contributed by atoms with van der Waals surface area (Å²) < 4.78 is 19.4. The molecule has 0 saturated heterocycles. The number of benzene rings is 1. The van der Waals surface area contributed by atoms with E-state index in [-0.39, 0.29) is 0 Å². The fourth-order valence-corrected chi connectivity index (χ4v) is 2.34. The van der Waals surface area contributed by atoms with Gasteiger partial charge in [-0.05, 0) is 38.5 Å². The molecule has 1 aromatic carbocycles. The average molecular weight is 268 g/mol. The Balaban J connectivity index is 2.51. The van der Waals surface area contributed by atoms with Gasteiger partial charge in [-0.15, -0.1) is 0 Å². The summed E-state index contributed by atoms with van der Waals surface area (Å²) in [7, 11) is 0. The zero-order chi connectivity index (χ0) is 13.4. The SMILES string of the molecule is Cc1oc(C)c(C(N)c2ccc(Cl)cc2F)c1C. The van der Waals surface area contributed by atoms with Crippen LogP contribution in [0.4, 0.5) is 4.39 Å². The van der Waals surface area contributed by atoms with Crippen LogP contribution in [0.5, 0.6) is 0 Å². The van der Waals surface area contributed by atoms with Gasteiger partial charge in [0.25, 0.3) is 0 Å². The lowest BCUT2D eigenvalue weighted by atomic mass is 9.96. The first-order valence-electron chi connectivity index (χ1n) is 5.68. The van der Waals surface area contributed by atoms with Crippen molar-refractivity contribution >= 4 is 11.6 Å². The largest absolute Gasteiger partial charge is 0.466 e. The van der Waals surface area contributed by atoms with E-state index in [1.807, 2.05) is 20.8 Å². The molecule has 0 spiro atoms. The molecule has 4 heteroatoms. The molecule has 0 bridgehead atoms. The monoisotopic (exact) mass is 267 g/mol. The van der Waals surface area contributed by atoms with Crippen LogP contribution in [0.2, 0.25) is 5.02 Å². The lowest BCUT2D eigenvalue weighted by Crippen LogP contribution is -2.15. The van der Waals surface area contributed by atoms with Crippen LogP contribution < -0.4 is 5.73 Å². The first-order valence-corrected chi connectivity index (χ1v) is 6.06. The van der Waals surface area contributed by atoms with Crippen LogP contribution in [0.15, 0.2) is 22.6 Å². The van der Waals surface area contributed by atoms with Crippen molar-refractivity contribution < 1.29 is 8.81 Å². The van der Waals surface area contributed by atoms with Crippen molar-refractivity contribution in [3.05, 3.63) is 57.2 Å². The van der Waals surface area contributed by atoms with E-state index in [2.05, 4.69) is 0 Å². The maximum atomic E-state index is 13.9. The molecule has 0 amide bonds. The maximum absolute atomic E-state index is 13.9. The van der Waals surface area contributed by atoms with Gasteiger partial charge in [-0.1, -0.05) is 17.7 Å². The van der Waals surface area contributed by atoms with Crippen LogP contribution in [0.25, 0.3) is 0 Å². The van der Waals surface area contributed by atoms with Crippen LogP contribution in [0, 0.1) is 26.6 Å². The minimum absolute atomic E-state index is 0.361. The van der Waals surface area contributed by atoms with Crippen LogP contribution in [-0.2, 0) is 0 Å². The number of hydrogen-bond acceptors (Lipinski definition) is 2. The van der Waals surface area contributed by atoms with Crippen LogP contribution in [0.3, 0.4) is 0 Å². The first-order chi connectivity index (χ1) is 8.41. The molecule has 2 N–H and O–H groups in total. The molecule has 2 rings (SSSR count). The van der Waals surface area contributed by atoms with E-state index in [4.69, 9.17) is 21.8 Å². The van der Waals surface area contributed by atoms with Gasteiger partial charge in [0, 0.05) is 16.1 Å². The highest BCUT2D eigenvalue weighted by Gasteiger charge is 2.21. The van der Waals surface area contributed by atoms with E-state index < -0.39 is 11.9 Å². The molecule has 2 aromatic rings. The minimum atomic E-state index is -0.542. The zero-order valence-electron chi connectivity index (χ0n) is 10.6. The van der Waals surface area contributed by atoms with Crippen molar-refractivity contribution in [3.8, 4) is 0 Å². The highest BCUT2D eigenvalue weighted by atomic mass is 35.5. The number of halogens is 2. The number of rotatable bonds is 2. The topological polar surface area (TPSA) is 39.2 Å². The second-order valence-electron chi connectivity index (χ2n) is 4.40. The normalized spacial score (nSPS) is 12.8. The number of aryl methyl sites for hydroxylation is 2. The summed E-state index contributed by atoms with van der Waals surface area (Å²) in [6.45, 7) is 5.63. The Labute approximate surface area is 111 Å².